The van der Waals surface area contributed by atoms with Gasteiger partial charge in [-0.05, 0) is 26.0 Å². The lowest BCUT2D eigenvalue weighted by Gasteiger charge is -2.11. The maximum Gasteiger partial charge on any atom is 0.307 e. The van der Waals surface area contributed by atoms with Crippen molar-refractivity contribution in [1.82, 2.24) is 15.0 Å². The van der Waals surface area contributed by atoms with Crippen LogP contribution in [0.15, 0.2) is 28.8 Å². The minimum atomic E-state index is -0.733. The molecule has 0 saturated carbocycles. The standard InChI is InChI=1S/C15H17N3O3.ClH/c1-10-3-2-4-11(7-10)14-16-13(21-17-14)9-18-6-5-12(8-18)15(19)20;/h2-4,7,12H,5-6,8-9H2,1H3,(H,19,20);1H. The van der Waals surface area contributed by atoms with Crippen LogP contribution in [0.5, 0.6) is 0 Å². The van der Waals surface area contributed by atoms with E-state index >= 15 is 0 Å². The molecular formula is C15H18ClN3O3. The quantitative estimate of drug-likeness (QED) is 0.930. The number of hydrogen-bond acceptors (Lipinski definition) is 5. The Balaban J connectivity index is 0.00000176. The summed E-state index contributed by atoms with van der Waals surface area (Å²) in [5, 5.41) is 13.0. The van der Waals surface area contributed by atoms with Crippen molar-refractivity contribution in [3.63, 3.8) is 0 Å². The van der Waals surface area contributed by atoms with E-state index in [2.05, 4.69) is 10.1 Å². The summed E-state index contributed by atoms with van der Waals surface area (Å²) in [5.41, 5.74) is 2.07. The van der Waals surface area contributed by atoms with E-state index in [1.165, 1.54) is 0 Å². The first kappa shape index (κ1) is 16.5. The van der Waals surface area contributed by atoms with E-state index in [0.29, 0.717) is 31.2 Å². The lowest BCUT2D eigenvalue weighted by Crippen LogP contribution is -2.22. The third kappa shape index (κ3) is 3.64. The Morgan fingerprint density at radius 3 is 3.00 bits per heavy atom. The minimum Gasteiger partial charge on any atom is -0.481 e. The van der Waals surface area contributed by atoms with Gasteiger partial charge in [-0.1, -0.05) is 28.9 Å². The van der Waals surface area contributed by atoms with Crippen molar-refractivity contribution in [1.29, 1.82) is 0 Å². The Morgan fingerprint density at radius 2 is 2.32 bits per heavy atom. The Kier molecular flexibility index (Phi) is 5.15. The summed E-state index contributed by atoms with van der Waals surface area (Å²) in [4.78, 5) is 17.4. The lowest BCUT2D eigenvalue weighted by atomic mass is 10.1. The van der Waals surface area contributed by atoms with Crippen LogP contribution in [0, 0.1) is 12.8 Å². The van der Waals surface area contributed by atoms with Crippen LogP contribution < -0.4 is 0 Å². The predicted octanol–water partition coefficient (Wildman–Crippen LogP) is 2.37. The average Bonchev–Trinajstić information content (AvgIpc) is 3.08. The van der Waals surface area contributed by atoms with Crippen molar-refractivity contribution < 1.29 is 14.4 Å². The molecule has 0 radical (unpaired) electrons. The van der Waals surface area contributed by atoms with Gasteiger partial charge in [0.05, 0.1) is 12.5 Å². The third-order valence-electron chi connectivity index (χ3n) is 3.72. The summed E-state index contributed by atoms with van der Waals surface area (Å²) in [6.45, 7) is 3.81. The first-order valence-corrected chi connectivity index (χ1v) is 6.96. The second-order valence-corrected chi connectivity index (χ2v) is 5.44. The molecular weight excluding hydrogens is 306 g/mol. The van der Waals surface area contributed by atoms with Gasteiger partial charge in [0.1, 0.15) is 0 Å². The maximum atomic E-state index is 10.9. The SMILES string of the molecule is Cc1cccc(-c2noc(CN3CCC(C(=O)O)C3)n2)c1.Cl. The largest absolute Gasteiger partial charge is 0.481 e. The van der Waals surface area contributed by atoms with E-state index < -0.39 is 5.97 Å². The summed E-state index contributed by atoms with van der Waals surface area (Å²) >= 11 is 0. The molecule has 1 atom stereocenters. The predicted molar refractivity (Wildman–Crippen MR) is 82.7 cm³/mol. The van der Waals surface area contributed by atoms with Crippen LogP contribution in [-0.2, 0) is 11.3 Å². The molecule has 3 rings (SSSR count). The van der Waals surface area contributed by atoms with E-state index in [1.807, 2.05) is 36.1 Å². The van der Waals surface area contributed by atoms with E-state index in [-0.39, 0.29) is 18.3 Å². The van der Waals surface area contributed by atoms with E-state index in [9.17, 15) is 4.79 Å². The second-order valence-electron chi connectivity index (χ2n) is 5.44. The average molecular weight is 324 g/mol. The van der Waals surface area contributed by atoms with Crippen molar-refractivity contribution in [3.05, 3.63) is 35.7 Å². The van der Waals surface area contributed by atoms with E-state index in [0.717, 1.165) is 17.7 Å². The highest BCUT2D eigenvalue weighted by Crippen LogP contribution is 2.20. The molecule has 0 bridgehead atoms. The van der Waals surface area contributed by atoms with Gasteiger partial charge in [-0.25, -0.2) is 0 Å². The number of carbonyl (C=O) groups is 1. The van der Waals surface area contributed by atoms with Crippen LogP contribution in [0.1, 0.15) is 17.9 Å². The zero-order valence-electron chi connectivity index (χ0n) is 12.2. The number of rotatable bonds is 4. The zero-order valence-corrected chi connectivity index (χ0v) is 13.0. The number of aliphatic carboxylic acids is 1. The van der Waals surface area contributed by atoms with Crippen molar-refractivity contribution >= 4 is 18.4 Å². The number of hydrogen-bond donors (Lipinski definition) is 1. The van der Waals surface area contributed by atoms with Crippen LogP contribution in [0.2, 0.25) is 0 Å². The number of carboxylic acids is 1. The number of likely N-dealkylation sites (tertiary alicyclic amines) is 1. The molecule has 1 aromatic heterocycles. The topological polar surface area (TPSA) is 79.5 Å². The molecule has 1 fully saturated rings. The summed E-state index contributed by atoms with van der Waals surface area (Å²) in [6.07, 6.45) is 0.675. The third-order valence-corrected chi connectivity index (χ3v) is 3.72. The highest BCUT2D eigenvalue weighted by molar-refractivity contribution is 5.85. The van der Waals surface area contributed by atoms with Gasteiger partial charge in [0.25, 0.3) is 0 Å². The van der Waals surface area contributed by atoms with Crippen LogP contribution >= 0.6 is 12.4 Å². The van der Waals surface area contributed by atoms with Gasteiger partial charge in [-0.2, -0.15) is 4.98 Å². The molecule has 2 heterocycles. The zero-order chi connectivity index (χ0) is 14.8. The Labute approximate surface area is 134 Å². The van der Waals surface area contributed by atoms with Crippen molar-refractivity contribution in [2.45, 2.75) is 19.9 Å². The molecule has 118 valence electrons. The normalized spacial score (nSPS) is 18.1. The maximum absolute atomic E-state index is 10.9. The molecule has 1 saturated heterocycles. The number of halogens is 1. The molecule has 0 amide bonds. The molecule has 0 spiro atoms. The smallest absolute Gasteiger partial charge is 0.307 e. The van der Waals surface area contributed by atoms with Gasteiger partial charge in [0.2, 0.25) is 11.7 Å². The van der Waals surface area contributed by atoms with Gasteiger partial charge < -0.3 is 9.63 Å². The number of aromatic nitrogens is 2. The van der Waals surface area contributed by atoms with Crippen LogP contribution in [0.3, 0.4) is 0 Å². The molecule has 0 aliphatic carbocycles. The molecule has 1 unspecified atom stereocenters. The van der Waals surface area contributed by atoms with E-state index in [1.54, 1.807) is 0 Å². The molecule has 1 aliphatic heterocycles. The molecule has 7 heteroatoms. The highest BCUT2D eigenvalue weighted by atomic mass is 35.5. The number of carboxylic acid groups (broad SMARTS) is 1. The monoisotopic (exact) mass is 323 g/mol. The molecule has 22 heavy (non-hydrogen) atoms. The summed E-state index contributed by atoms with van der Waals surface area (Å²) in [6, 6.07) is 7.92. The van der Waals surface area contributed by atoms with Gasteiger partial charge in [0.15, 0.2) is 0 Å². The van der Waals surface area contributed by atoms with Crippen molar-refractivity contribution in [2.24, 2.45) is 5.92 Å². The summed E-state index contributed by atoms with van der Waals surface area (Å²) < 4.78 is 5.27. The fraction of sp³-hybridized carbons (Fsp3) is 0.400. The van der Waals surface area contributed by atoms with Crippen molar-refractivity contribution in [3.8, 4) is 11.4 Å². The number of aryl methyl sites for hydroxylation is 1. The lowest BCUT2D eigenvalue weighted by molar-refractivity contribution is -0.141. The first-order chi connectivity index (χ1) is 10.1. The van der Waals surface area contributed by atoms with Crippen LogP contribution in [0.4, 0.5) is 0 Å². The highest BCUT2D eigenvalue weighted by Gasteiger charge is 2.28. The minimum absolute atomic E-state index is 0. The van der Waals surface area contributed by atoms with Gasteiger partial charge in [-0.3, -0.25) is 9.69 Å². The fourth-order valence-corrected chi connectivity index (χ4v) is 2.59. The van der Waals surface area contributed by atoms with Gasteiger partial charge in [-0.15, -0.1) is 12.4 Å². The number of nitrogens with zero attached hydrogens (tertiary/aromatic N) is 3. The van der Waals surface area contributed by atoms with Crippen LogP contribution in [-0.4, -0.2) is 39.2 Å². The van der Waals surface area contributed by atoms with Gasteiger partial charge in [0, 0.05) is 12.1 Å². The van der Waals surface area contributed by atoms with Crippen molar-refractivity contribution in [2.75, 3.05) is 13.1 Å². The Hall–Kier alpha value is -1.92. The first-order valence-electron chi connectivity index (χ1n) is 6.96. The Morgan fingerprint density at radius 1 is 1.50 bits per heavy atom. The Bertz CT molecular complexity index is 659. The molecule has 1 aliphatic rings. The van der Waals surface area contributed by atoms with Crippen LogP contribution in [0.25, 0.3) is 11.4 Å². The fourth-order valence-electron chi connectivity index (χ4n) is 2.59. The van der Waals surface area contributed by atoms with E-state index in [4.69, 9.17) is 9.63 Å². The molecule has 2 aromatic rings. The second kappa shape index (κ2) is 6.89. The summed E-state index contributed by atoms with van der Waals surface area (Å²) in [5.74, 6) is 0.0767. The van der Waals surface area contributed by atoms with Gasteiger partial charge >= 0.3 is 5.97 Å². The summed E-state index contributed by atoms with van der Waals surface area (Å²) in [7, 11) is 0. The molecule has 6 nitrogen and oxygen atoms in total. The molecule has 1 N–H and O–H groups in total. The molecule has 1 aromatic carbocycles. The number of benzene rings is 1.